The van der Waals surface area contributed by atoms with Crippen LogP contribution in [-0.2, 0) is 4.74 Å². The van der Waals surface area contributed by atoms with E-state index < -0.39 is 0 Å². The van der Waals surface area contributed by atoms with Gasteiger partial charge in [0.25, 0.3) is 0 Å². The molecule has 0 aromatic carbocycles. The van der Waals surface area contributed by atoms with Crippen LogP contribution < -0.4 is 5.32 Å². The van der Waals surface area contributed by atoms with Crippen LogP contribution in [0.1, 0.15) is 45.4 Å². The summed E-state index contributed by atoms with van der Waals surface area (Å²) in [4.78, 5) is 2.30. The Kier molecular flexibility index (Phi) is 10.4. The number of ether oxygens (including phenoxy) is 1. The molecule has 0 bridgehead atoms. The topological polar surface area (TPSA) is 44.7 Å². The Morgan fingerprint density at radius 3 is 2.53 bits per heavy atom. The van der Waals surface area contributed by atoms with Crippen molar-refractivity contribution in [1.82, 2.24) is 10.2 Å². The van der Waals surface area contributed by atoms with Gasteiger partial charge in [0.15, 0.2) is 0 Å². The second-order valence-corrected chi connectivity index (χ2v) is 5.55. The fourth-order valence-corrected chi connectivity index (χ4v) is 2.45. The normalized spacial score (nSPS) is 18.6. The molecule has 1 atom stereocenters. The zero-order chi connectivity index (χ0) is 13.8. The van der Waals surface area contributed by atoms with Crippen LogP contribution in [0.4, 0.5) is 0 Å². The third-order valence-electron chi connectivity index (χ3n) is 3.63. The smallest absolute Gasteiger partial charge is 0.0900 e. The van der Waals surface area contributed by atoms with Gasteiger partial charge in [0, 0.05) is 39.3 Å². The fraction of sp³-hybridized carbons (Fsp3) is 1.00. The van der Waals surface area contributed by atoms with E-state index in [9.17, 15) is 5.11 Å². The van der Waals surface area contributed by atoms with E-state index in [1.54, 1.807) is 0 Å². The number of nitrogens with one attached hydrogen (secondary N) is 1. The maximum absolute atomic E-state index is 9.89. The van der Waals surface area contributed by atoms with Crippen LogP contribution in [0.5, 0.6) is 0 Å². The molecule has 0 spiro atoms. The molecule has 1 rings (SSSR count). The molecule has 1 aliphatic rings. The average molecular weight is 272 g/mol. The molecule has 0 amide bonds. The molecular formula is C15H32N2O2. The maximum Gasteiger partial charge on any atom is 0.0900 e. The first-order chi connectivity index (χ1) is 9.33. The first kappa shape index (κ1) is 16.9. The van der Waals surface area contributed by atoms with Crippen molar-refractivity contribution in [2.24, 2.45) is 0 Å². The minimum atomic E-state index is -0.335. The summed E-state index contributed by atoms with van der Waals surface area (Å²) < 4.78 is 5.55. The van der Waals surface area contributed by atoms with Crippen molar-refractivity contribution in [3.8, 4) is 0 Å². The largest absolute Gasteiger partial charge is 0.389 e. The number of aliphatic hydroxyl groups is 1. The van der Waals surface area contributed by atoms with Gasteiger partial charge in [-0.1, -0.05) is 39.0 Å². The zero-order valence-corrected chi connectivity index (χ0v) is 12.6. The lowest BCUT2D eigenvalue weighted by atomic mass is 10.1. The highest BCUT2D eigenvalue weighted by Gasteiger charge is 2.13. The van der Waals surface area contributed by atoms with Crippen molar-refractivity contribution >= 4 is 0 Å². The SMILES string of the molecule is CCCCCCCCOCC(O)CN1CCNCC1. The summed E-state index contributed by atoms with van der Waals surface area (Å²) >= 11 is 0. The van der Waals surface area contributed by atoms with Crippen molar-refractivity contribution in [1.29, 1.82) is 0 Å². The van der Waals surface area contributed by atoms with Crippen LogP contribution in [0.25, 0.3) is 0 Å². The third kappa shape index (κ3) is 9.38. The Balaban J connectivity index is 1.85. The molecule has 0 aromatic rings. The van der Waals surface area contributed by atoms with Crippen LogP contribution in [0, 0.1) is 0 Å². The maximum atomic E-state index is 9.89. The van der Waals surface area contributed by atoms with E-state index in [2.05, 4.69) is 17.1 Å². The summed E-state index contributed by atoms with van der Waals surface area (Å²) in [6.07, 6.45) is 7.37. The lowest BCUT2D eigenvalue weighted by Crippen LogP contribution is -2.47. The highest BCUT2D eigenvalue weighted by Crippen LogP contribution is 2.05. The monoisotopic (exact) mass is 272 g/mol. The molecule has 1 fully saturated rings. The molecule has 1 unspecified atom stereocenters. The average Bonchev–Trinajstić information content (AvgIpc) is 2.43. The van der Waals surface area contributed by atoms with Crippen LogP contribution in [0.2, 0.25) is 0 Å². The minimum absolute atomic E-state index is 0.335. The van der Waals surface area contributed by atoms with E-state index >= 15 is 0 Å². The van der Waals surface area contributed by atoms with Gasteiger partial charge >= 0.3 is 0 Å². The molecule has 114 valence electrons. The van der Waals surface area contributed by atoms with Gasteiger partial charge in [-0.15, -0.1) is 0 Å². The van der Waals surface area contributed by atoms with Crippen LogP contribution in [0.15, 0.2) is 0 Å². The Hall–Kier alpha value is -0.160. The molecule has 19 heavy (non-hydrogen) atoms. The predicted molar refractivity (Wildman–Crippen MR) is 79.5 cm³/mol. The van der Waals surface area contributed by atoms with Gasteiger partial charge < -0.3 is 15.2 Å². The van der Waals surface area contributed by atoms with Crippen LogP contribution in [0.3, 0.4) is 0 Å². The van der Waals surface area contributed by atoms with Gasteiger partial charge in [0.2, 0.25) is 0 Å². The van der Waals surface area contributed by atoms with Crippen LogP contribution >= 0.6 is 0 Å². The molecule has 1 saturated heterocycles. The Labute approximate surface area is 118 Å². The van der Waals surface area contributed by atoms with Gasteiger partial charge in [-0.25, -0.2) is 0 Å². The number of nitrogens with zero attached hydrogens (tertiary/aromatic N) is 1. The summed E-state index contributed by atoms with van der Waals surface area (Å²) in [6.45, 7) is 8.41. The number of β-amino-alcohol motifs (C(OH)–C–C–N with tert-alkyl or cyclic N) is 1. The number of aliphatic hydroxyl groups excluding tert-OH is 1. The number of rotatable bonds is 11. The van der Waals surface area contributed by atoms with E-state index in [1.165, 1.54) is 32.1 Å². The second-order valence-electron chi connectivity index (χ2n) is 5.55. The Morgan fingerprint density at radius 1 is 1.11 bits per heavy atom. The highest BCUT2D eigenvalue weighted by molar-refractivity contribution is 4.70. The molecule has 0 saturated carbocycles. The molecule has 2 N–H and O–H groups in total. The molecular weight excluding hydrogens is 240 g/mol. The van der Waals surface area contributed by atoms with Gasteiger partial charge in [0.1, 0.15) is 0 Å². The van der Waals surface area contributed by atoms with E-state index in [4.69, 9.17) is 4.74 Å². The number of piperazine rings is 1. The summed E-state index contributed by atoms with van der Waals surface area (Å²) in [7, 11) is 0. The van der Waals surface area contributed by atoms with Gasteiger partial charge in [-0.3, -0.25) is 4.90 Å². The molecule has 0 radical (unpaired) electrons. The van der Waals surface area contributed by atoms with Crippen molar-refractivity contribution in [2.45, 2.75) is 51.6 Å². The van der Waals surface area contributed by atoms with Crippen LogP contribution in [-0.4, -0.2) is 62.0 Å². The molecule has 0 aromatic heterocycles. The lowest BCUT2D eigenvalue weighted by molar-refractivity contribution is 0.0136. The second kappa shape index (κ2) is 11.6. The first-order valence-corrected chi connectivity index (χ1v) is 8.01. The van der Waals surface area contributed by atoms with E-state index in [1.807, 2.05) is 0 Å². The quantitative estimate of drug-likeness (QED) is 0.561. The minimum Gasteiger partial charge on any atom is -0.389 e. The zero-order valence-electron chi connectivity index (χ0n) is 12.6. The summed E-state index contributed by atoms with van der Waals surface area (Å²) in [5.41, 5.74) is 0. The molecule has 4 heteroatoms. The van der Waals surface area contributed by atoms with Gasteiger partial charge in [0.05, 0.1) is 12.7 Å². The third-order valence-corrected chi connectivity index (χ3v) is 3.63. The van der Waals surface area contributed by atoms with Crippen molar-refractivity contribution in [2.75, 3.05) is 45.9 Å². The first-order valence-electron chi connectivity index (χ1n) is 8.01. The van der Waals surface area contributed by atoms with E-state index in [0.29, 0.717) is 6.61 Å². The standard InChI is InChI=1S/C15H32N2O2/c1-2-3-4-5-6-7-12-19-14-15(18)13-17-10-8-16-9-11-17/h15-16,18H,2-14H2,1H3. The molecule has 0 aliphatic carbocycles. The predicted octanol–water partition coefficient (Wildman–Crippen LogP) is 1.63. The highest BCUT2D eigenvalue weighted by atomic mass is 16.5. The summed E-state index contributed by atoms with van der Waals surface area (Å²) in [6, 6.07) is 0. The number of unbranched alkanes of at least 4 members (excludes halogenated alkanes) is 5. The van der Waals surface area contributed by atoms with Gasteiger partial charge in [-0.05, 0) is 6.42 Å². The Morgan fingerprint density at radius 2 is 1.79 bits per heavy atom. The van der Waals surface area contributed by atoms with E-state index in [0.717, 1.165) is 45.8 Å². The number of hydrogen-bond acceptors (Lipinski definition) is 4. The van der Waals surface area contributed by atoms with Crippen molar-refractivity contribution < 1.29 is 9.84 Å². The van der Waals surface area contributed by atoms with Gasteiger partial charge in [-0.2, -0.15) is 0 Å². The lowest BCUT2D eigenvalue weighted by Gasteiger charge is -2.28. The Bertz CT molecular complexity index is 197. The summed E-state index contributed by atoms with van der Waals surface area (Å²) in [5, 5.41) is 13.2. The van der Waals surface area contributed by atoms with Crippen molar-refractivity contribution in [3.05, 3.63) is 0 Å². The summed E-state index contributed by atoms with van der Waals surface area (Å²) in [5.74, 6) is 0. The van der Waals surface area contributed by atoms with Crippen molar-refractivity contribution in [3.63, 3.8) is 0 Å². The molecule has 4 nitrogen and oxygen atoms in total. The van der Waals surface area contributed by atoms with E-state index in [-0.39, 0.29) is 6.10 Å². The molecule has 1 heterocycles. The molecule has 1 aliphatic heterocycles. The number of hydrogen-bond donors (Lipinski definition) is 2. The fourth-order valence-electron chi connectivity index (χ4n) is 2.45.